The van der Waals surface area contributed by atoms with E-state index in [0.717, 1.165) is 117 Å². The van der Waals surface area contributed by atoms with Crippen LogP contribution in [0, 0.1) is 6.92 Å². The van der Waals surface area contributed by atoms with Crippen LogP contribution >= 0.6 is 0 Å². The van der Waals surface area contributed by atoms with Gasteiger partial charge in [-0.25, -0.2) is 19.7 Å². The molecule has 3 amide bonds. The zero-order valence-corrected chi connectivity index (χ0v) is 31.7. The fourth-order valence-corrected chi connectivity index (χ4v) is 8.04. The molecule has 0 aliphatic carbocycles. The second kappa shape index (κ2) is 15.6. The van der Waals surface area contributed by atoms with Crippen molar-refractivity contribution in [1.82, 2.24) is 30.1 Å². The first-order valence-electron chi connectivity index (χ1n) is 19.6. The third-order valence-corrected chi connectivity index (χ3v) is 11.4. The SMILES string of the molecule is Cc1c(-c2ccc3cnc(Nc4ccc(N5CCN(CCN6CCN(c7ccc(N8CCC(=O)NC8=O)cc7)CC6)CC5)cc4)nc3c2)cnc2c1NCCO2. The Labute approximate surface area is 326 Å². The quantitative estimate of drug-likeness (QED) is 0.188. The molecule has 3 fully saturated rings. The summed E-state index contributed by atoms with van der Waals surface area (Å²) < 4.78 is 5.72. The van der Waals surface area contributed by atoms with Gasteiger partial charge in [-0.3, -0.25) is 24.8 Å². The van der Waals surface area contributed by atoms with Crippen LogP contribution in [0.1, 0.15) is 12.0 Å². The van der Waals surface area contributed by atoms with Gasteiger partial charge in [0, 0.05) is 131 Å². The minimum absolute atomic E-state index is 0.215. The second-order valence-corrected chi connectivity index (χ2v) is 14.8. The van der Waals surface area contributed by atoms with E-state index in [9.17, 15) is 9.59 Å². The number of piperazine rings is 2. The van der Waals surface area contributed by atoms with Gasteiger partial charge < -0.3 is 25.2 Å². The van der Waals surface area contributed by atoms with E-state index in [1.54, 1.807) is 4.90 Å². The molecular weight excluding hydrogens is 707 g/mol. The van der Waals surface area contributed by atoms with Gasteiger partial charge in [0.15, 0.2) is 0 Å². The number of fused-ring (bicyclic) bond motifs is 2. The minimum Gasteiger partial charge on any atom is -0.474 e. The number of imide groups is 1. The van der Waals surface area contributed by atoms with Gasteiger partial charge in [-0.05, 0) is 72.6 Å². The Morgan fingerprint density at radius 2 is 1.41 bits per heavy atom. The van der Waals surface area contributed by atoms with Crippen molar-refractivity contribution in [2.45, 2.75) is 13.3 Å². The standard InChI is InChI=1S/C42H47N11O3/c1-29-36(28-44-40-39(29)43-13-25-56-40)30-2-3-31-27-45-41(47-37(31)26-30)46-32-4-6-33(7-5-32)51-21-17-49(18-22-51)15-16-50-19-23-52(24-20-50)34-8-10-35(11-9-34)53-14-12-38(54)48-42(53)55/h2-11,26-28,43H,12-25H2,1H3,(H,45,46,47)(H,48,54,55). The molecule has 288 valence electrons. The third kappa shape index (κ3) is 7.62. The zero-order chi connectivity index (χ0) is 38.0. The Morgan fingerprint density at radius 3 is 2.09 bits per heavy atom. The highest BCUT2D eigenvalue weighted by Gasteiger charge is 2.25. The third-order valence-electron chi connectivity index (χ3n) is 11.4. The molecule has 3 saturated heterocycles. The molecule has 14 nitrogen and oxygen atoms in total. The molecule has 0 radical (unpaired) electrons. The summed E-state index contributed by atoms with van der Waals surface area (Å²) in [6.45, 7) is 14.2. The maximum absolute atomic E-state index is 12.2. The van der Waals surface area contributed by atoms with Crippen LogP contribution in [0.4, 0.5) is 39.2 Å². The normalized spacial score (nSPS) is 18.0. The number of carbonyl (C=O) groups excluding carboxylic acids is 2. The van der Waals surface area contributed by atoms with Crippen molar-refractivity contribution >= 4 is 57.2 Å². The van der Waals surface area contributed by atoms with E-state index in [2.05, 4.69) is 107 Å². The van der Waals surface area contributed by atoms with Crippen molar-refractivity contribution in [3.63, 3.8) is 0 Å². The van der Waals surface area contributed by atoms with Gasteiger partial charge in [-0.2, -0.15) is 0 Å². The van der Waals surface area contributed by atoms with Crippen molar-refractivity contribution in [3.05, 3.63) is 84.7 Å². The number of urea groups is 1. The number of benzene rings is 3. The van der Waals surface area contributed by atoms with Gasteiger partial charge in [-0.15, -0.1) is 0 Å². The number of aromatic nitrogens is 3. The number of amides is 3. The van der Waals surface area contributed by atoms with Crippen LogP contribution in [0.15, 0.2) is 79.1 Å². The summed E-state index contributed by atoms with van der Waals surface area (Å²) in [5.41, 5.74) is 9.21. The fraction of sp³-hybridized carbons (Fsp3) is 0.357. The maximum Gasteiger partial charge on any atom is 0.328 e. The fourth-order valence-electron chi connectivity index (χ4n) is 8.04. The predicted molar refractivity (Wildman–Crippen MR) is 220 cm³/mol. The first-order chi connectivity index (χ1) is 27.4. The number of rotatable bonds is 9. The van der Waals surface area contributed by atoms with Gasteiger partial charge in [0.05, 0.1) is 5.52 Å². The van der Waals surface area contributed by atoms with Gasteiger partial charge in [0.2, 0.25) is 17.7 Å². The second-order valence-electron chi connectivity index (χ2n) is 14.8. The number of ether oxygens (including phenoxy) is 1. The molecular formula is C42H47N11O3. The molecule has 0 atom stereocenters. The van der Waals surface area contributed by atoms with Gasteiger partial charge in [0.25, 0.3) is 0 Å². The molecule has 4 aliphatic rings. The van der Waals surface area contributed by atoms with E-state index in [1.807, 2.05) is 24.5 Å². The first kappa shape index (κ1) is 35.7. The Bertz CT molecular complexity index is 2220. The summed E-state index contributed by atoms with van der Waals surface area (Å²) in [7, 11) is 0. The average Bonchev–Trinajstić information content (AvgIpc) is 3.24. The molecule has 0 unspecified atom stereocenters. The predicted octanol–water partition coefficient (Wildman–Crippen LogP) is 4.94. The summed E-state index contributed by atoms with van der Waals surface area (Å²) in [6, 6.07) is 22.6. The molecule has 0 bridgehead atoms. The number of hydrogen-bond acceptors (Lipinski definition) is 12. The van der Waals surface area contributed by atoms with Crippen LogP contribution in [0.25, 0.3) is 22.0 Å². The molecule has 56 heavy (non-hydrogen) atoms. The van der Waals surface area contributed by atoms with Crippen LogP contribution < -0.4 is 35.4 Å². The van der Waals surface area contributed by atoms with E-state index < -0.39 is 0 Å². The number of hydrogen-bond donors (Lipinski definition) is 3. The lowest BCUT2D eigenvalue weighted by atomic mass is 10.00. The topological polar surface area (TPSA) is 134 Å². The lowest BCUT2D eigenvalue weighted by Gasteiger charge is -2.39. The number of anilines is 6. The number of nitrogens with one attached hydrogen (secondary N) is 3. The molecule has 5 aromatic rings. The van der Waals surface area contributed by atoms with Crippen LogP contribution in [-0.4, -0.2) is 122 Å². The smallest absolute Gasteiger partial charge is 0.328 e. The molecule has 4 aliphatic heterocycles. The summed E-state index contributed by atoms with van der Waals surface area (Å²) in [4.78, 5) is 49.3. The van der Waals surface area contributed by atoms with E-state index in [-0.39, 0.29) is 11.9 Å². The molecule has 0 spiro atoms. The van der Waals surface area contributed by atoms with Crippen molar-refractivity contribution in [2.24, 2.45) is 0 Å². The monoisotopic (exact) mass is 753 g/mol. The average molecular weight is 754 g/mol. The number of carbonyl (C=O) groups is 2. The summed E-state index contributed by atoms with van der Waals surface area (Å²) in [5, 5.41) is 10.2. The van der Waals surface area contributed by atoms with Crippen LogP contribution in [0.2, 0.25) is 0 Å². The number of nitrogens with zero attached hydrogens (tertiary/aromatic N) is 8. The maximum atomic E-state index is 12.2. The highest BCUT2D eigenvalue weighted by molar-refractivity contribution is 6.05. The van der Waals surface area contributed by atoms with E-state index in [4.69, 9.17) is 9.72 Å². The van der Waals surface area contributed by atoms with Gasteiger partial charge >= 0.3 is 6.03 Å². The largest absolute Gasteiger partial charge is 0.474 e. The summed E-state index contributed by atoms with van der Waals surface area (Å²) in [5.74, 6) is 1.01. The Hall–Kier alpha value is -5.99. The van der Waals surface area contributed by atoms with Gasteiger partial charge in [0.1, 0.15) is 12.3 Å². The Morgan fingerprint density at radius 1 is 0.750 bits per heavy atom. The molecule has 9 rings (SSSR count). The highest BCUT2D eigenvalue weighted by Crippen LogP contribution is 2.36. The lowest BCUT2D eigenvalue weighted by molar-refractivity contribution is -0.120. The van der Waals surface area contributed by atoms with Gasteiger partial charge in [-0.1, -0.05) is 12.1 Å². The summed E-state index contributed by atoms with van der Waals surface area (Å²) >= 11 is 0. The highest BCUT2D eigenvalue weighted by atomic mass is 16.5. The zero-order valence-electron chi connectivity index (χ0n) is 31.7. The van der Waals surface area contributed by atoms with Crippen LogP contribution in [-0.2, 0) is 4.79 Å². The van der Waals surface area contributed by atoms with E-state index in [1.165, 1.54) is 11.4 Å². The molecule has 3 N–H and O–H groups in total. The van der Waals surface area contributed by atoms with Crippen molar-refractivity contribution in [3.8, 4) is 17.0 Å². The van der Waals surface area contributed by atoms with Crippen LogP contribution in [0.3, 0.4) is 0 Å². The van der Waals surface area contributed by atoms with Crippen LogP contribution in [0.5, 0.6) is 5.88 Å². The number of pyridine rings is 1. The molecule has 3 aromatic carbocycles. The van der Waals surface area contributed by atoms with E-state index >= 15 is 0 Å². The Kier molecular flexibility index (Phi) is 9.96. The lowest BCUT2D eigenvalue weighted by Crippen LogP contribution is -2.51. The van der Waals surface area contributed by atoms with Crippen molar-refractivity contribution < 1.29 is 14.3 Å². The summed E-state index contributed by atoms with van der Waals surface area (Å²) in [6.07, 6.45) is 4.07. The van der Waals surface area contributed by atoms with Crippen molar-refractivity contribution in [2.75, 3.05) is 110 Å². The Balaban J connectivity index is 0.730. The van der Waals surface area contributed by atoms with E-state index in [0.29, 0.717) is 31.4 Å². The molecule has 0 saturated carbocycles. The first-order valence-corrected chi connectivity index (χ1v) is 19.6. The molecule has 14 heteroatoms. The molecule has 2 aromatic heterocycles. The van der Waals surface area contributed by atoms with Crippen molar-refractivity contribution in [1.29, 1.82) is 0 Å². The molecule has 6 heterocycles. The minimum atomic E-state index is -0.347.